The molecule has 2 unspecified atom stereocenters. The summed E-state index contributed by atoms with van der Waals surface area (Å²) in [6.45, 7) is 0. The Hall–Kier alpha value is -2.25. The molecule has 1 aromatic carbocycles. The summed E-state index contributed by atoms with van der Waals surface area (Å²) in [6, 6.07) is 0.134. The number of aliphatic carboxylic acids is 1. The number of benzene rings is 1. The average Bonchev–Trinajstić information content (AvgIpc) is 2.88. The predicted molar refractivity (Wildman–Crippen MR) is 67.2 cm³/mol. The molecule has 0 aromatic heterocycles. The molecule has 2 atom stereocenters. The summed E-state index contributed by atoms with van der Waals surface area (Å²) >= 11 is 0. The van der Waals surface area contributed by atoms with Crippen LogP contribution in [-0.4, -0.2) is 23.1 Å². The van der Waals surface area contributed by atoms with Gasteiger partial charge in [-0.2, -0.15) is 0 Å². The van der Waals surface area contributed by atoms with Crippen molar-refractivity contribution in [3.05, 3.63) is 29.6 Å². The van der Waals surface area contributed by atoms with Crippen molar-refractivity contribution in [2.45, 2.75) is 25.3 Å². The number of nitrogens with one attached hydrogen (secondary N) is 2. The fraction of sp³-hybridized carbons (Fsp3) is 0.385. The van der Waals surface area contributed by atoms with E-state index >= 15 is 0 Å². The summed E-state index contributed by atoms with van der Waals surface area (Å²) in [5, 5.41) is 13.4. The maximum Gasteiger partial charge on any atom is 0.319 e. The second-order valence-corrected chi connectivity index (χ2v) is 4.80. The lowest BCUT2D eigenvalue weighted by Gasteiger charge is -2.18. The molecule has 2 rings (SSSR count). The Morgan fingerprint density at radius 1 is 1.14 bits per heavy atom. The highest BCUT2D eigenvalue weighted by Crippen LogP contribution is 2.26. The first-order valence-corrected chi connectivity index (χ1v) is 6.34. The molecule has 1 aromatic rings. The van der Waals surface area contributed by atoms with E-state index in [0.29, 0.717) is 25.3 Å². The quantitative estimate of drug-likeness (QED) is 0.751. The van der Waals surface area contributed by atoms with Crippen LogP contribution in [0.1, 0.15) is 19.3 Å². The highest BCUT2D eigenvalue weighted by molar-refractivity contribution is 5.90. The number of carboxylic acids is 1. The minimum absolute atomic E-state index is 0.444. The van der Waals surface area contributed by atoms with Crippen LogP contribution in [0.4, 0.5) is 23.7 Å². The molecular weight excluding hydrogens is 289 g/mol. The van der Waals surface area contributed by atoms with Crippen LogP contribution in [0.15, 0.2) is 12.1 Å². The van der Waals surface area contributed by atoms with Gasteiger partial charge in [0.2, 0.25) is 0 Å². The lowest BCUT2D eigenvalue weighted by Crippen LogP contribution is -2.42. The fourth-order valence-electron chi connectivity index (χ4n) is 2.38. The number of hydrogen-bond acceptors (Lipinski definition) is 2. The van der Waals surface area contributed by atoms with Crippen LogP contribution in [-0.2, 0) is 4.79 Å². The Morgan fingerprint density at radius 3 is 2.52 bits per heavy atom. The molecule has 1 aliphatic rings. The van der Waals surface area contributed by atoms with Crippen molar-refractivity contribution in [1.29, 1.82) is 0 Å². The molecule has 0 aliphatic heterocycles. The Labute approximate surface area is 118 Å². The lowest BCUT2D eigenvalue weighted by atomic mass is 10.0. The molecule has 21 heavy (non-hydrogen) atoms. The molecule has 1 aliphatic carbocycles. The summed E-state index contributed by atoms with van der Waals surface area (Å²) in [4.78, 5) is 22.7. The van der Waals surface area contributed by atoms with Crippen LogP contribution in [0.2, 0.25) is 0 Å². The summed E-state index contributed by atoms with van der Waals surface area (Å²) in [6.07, 6.45) is 1.59. The maximum atomic E-state index is 13.4. The Morgan fingerprint density at radius 2 is 1.86 bits per heavy atom. The van der Waals surface area contributed by atoms with E-state index in [2.05, 4.69) is 5.32 Å². The third kappa shape index (κ3) is 3.26. The monoisotopic (exact) mass is 302 g/mol. The number of carboxylic acid groups (broad SMARTS) is 1. The highest BCUT2D eigenvalue weighted by atomic mass is 19.2. The van der Waals surface area contributed by atoms with E-state index in [-0.39, 0.29) is 0 Å². The molecule has 3 N–H and O–H groups in total. The van der Waals surface area contributed by atoms with Crippen molar-refractivity contribution in [2.24, 2.45) is 5.92 Å². The molecule has 0 saturated heterocycles. The molecular formula is C13H13F3N2O3. The molecule has 8 heteroatoms. The molecule has 1 fully saturated rings. The van der Waals surface area contributed by atoms with Gasteiger partial charge in [-0.15, -0.1) is 0 Å². The third-order valence-corrected chi connectivity index (χ3v) is 3.43. The maximum absolute atomic E-state index is 13.4. The minimum atomic E-state index is -1.68. The van der Waals surface area contributed by atoms with Gasteiger partial charge in [0, 0.05) is 6.04 Å². The lowest BCUT2D eigenvalue weighted by molar-refractivity contribution is -0.142. The van der Waals surface area contributed by atoms with Crippen LogP contribution in [0.3, 0.4) is 0 Å². The van der Waals surface area contributed by atoms with E-state index in [4.69, 9.17) is 5.11 Å². The van der Waals surface area contributed by atoms with Gasteiger partial charge in [-0.05, 0) is 25.0 Å². The first-order valence-electron chi connectivity index (χ1n) is 6.34. The second kappa shape index (κ2) is 6.02. The topological polar surface area (TPSA) is 78.4 Å². The summed E-state index contributed by atoms with van der Waals surface area (Å²) < 4.78 is 39.2. The van der Waals surface area contributed by atoms with Gasteiger partial charge in [0.25, 0.3) is 0 Å². The zero-order valence-electron chi connectivity index (χ0n) is 10.8. The van der Waals surface area contributed by atoms with Crippen molar-refractivity contribution >= 4 is 17.7 Å². The van der Waals surface area contributed by atoms with E-state index in [1.165, 1.54) is 0 Å². The number of hydrogen-bond donors (Lipinski definition) is 3. The first kappa shape index (κ1) is 15.1. The van der Waals surface area contributed by atoms with Gasteiger partial charge in [0.05, 0.1) is 11.6 Å². The zero-order valence-corrected chi connectivity index (χ0v) is 10.8. The number of carbonyl (C=O) groups excluding carboxylic acids is 1. The first-order chi connectivity index (χ1) is 9.90. The Balaban J connectivity index is 2.02. The minimum Gasteiger partial charge on any atom is -0.481 e. The average molecular weight is 302 g/mol. The zero-order chi connectivity index (χ0) is 15.6. The van der Waals surface area contributed by atoms with Crippen LogP contribution >= 0.6 is 0 Å². The molecule has 5 nitrogen and oxygen atoms in total. The summed E-state index contributed by atoms with van der Waals surface area (Å²) in [5.74, 6) is -6.27. The van der Waals surface area contributed by atoms with E-state index in [0.717, 1.165) is 6.07 Å². The number of urea groups is 1. The fourth-order valence-corrected chi connectivity index (χ4v) is 2.38. The molecule has 0 bridgehead atoms. The van der Waals surface area contributed by atoms with Gasteiger partial charge in [-0.1, -0.05) is 6.42 Å². The highest BCUT2D eigenvalue weighted by Gasteiger charge is 2.34. The van der Waals surface area contributed by atoms with Crippen molar-refractivity contribution in [3.63, 3.8) is 0 Å². The largest absolute Gasteiger partial charge is 0.481 e. The third-order valence-electron chi connectivity index (χ3n) is 3.43. The summed E-state index contributed by atoms with van der Waals surface area (Å²) in [7, 11) is 0. The van der Waals surface area contributed by atoms with E-state index in [9.17, 15) is 22.8 Å². The molecule has 0 radical (unpaired) electrons. The Bertz CT molecular complexity index is 580. The molecule has 1 saturated carbocycles. The van der Waals surface area contributed by atoms with Crippen LogP contribution in [0, 0.1) is 23.4 Å². The summed E-state index contributed by atoms with van der Waals surface area (Å²) in [5.41, 5.74) is -0.517. The van der Waals surface area contributed by atoms with Crippen LogP contribution in [0.5, 0.6) is 0 Å². The Kier molecular flexibility index (Phi) is 4.35. The van der Waals surface area contributed by atoms with Crippen LogP contribution < -0.4 is 10.6 Å². The molecule has 2 amide bonds. The number of carbonyl (C=O) groups is 2. The smallest absolute Gasteiger partial charge is 0.319 e. The van der Waals surface area contributed by atoms with Crippen molar-refractivity contribution in [1.82, 2.24) is 5.32 Å². The van der Waals surface area contributed by atoms with Gasteiger partial charge in [-0.25, -0.2) is 18.0 Å². The van der Waals surface area contributed by atoms with E-state index in [1.807, 2.05) is 5.32 Å². The molecule has 0 heterocycles. The van der Waals surface area contributed by atoms with Crippen molar-refractivity contribution in [3.8, 4) is 0 Å². The van der Waals surface area contributed by atoms with Gasteiger partial charge >= 0.3 is 12.0 Å². The number of halogens is 3. The van der Waals surface area contributed by atoms with Gasteiger partial charge < -0.3 is 15.7 Å². The van der Waals surface area contributed by atoms with Crippen molar-refractivity contribution < 1.29 is 27.9 Å². The molecule has 114 valence electrons. The van der Waals surface area contributed by atoms with E-state index in [1.54, 1.807) is 0 Å². The predicted octanol–water partition coefficient (Wildman–Crippen LogP) is 2.48. The number of amides is 2. The van der Waals surface area contributed by atoms with Crippen LogP contribution in [0.25, 0.3) is 0 Å². The van der Waals surface area contributed by atoms with Crippen molar-refractivity contribution in [2.75, 3.05) is 5.32 Å². The van der Waals surface area contributed by atoms with Gasteiger partial charge in [-0.3, -0.25) is 4.79 Å². The second-order valence-electron chi connectivity index (χ2n) is 4.80. The number of anilines is 1. The molecule has 0 spiro atoms. The van der Waals surface area contributed by atoms with Gasteiger partial charge in [0.1, 0.15) is 0 Å². The normalized spacial score (nSPS) is 21.1. The number of rotatable bonds is 3. The standard InChI is InChI=1S/C13H13F3N2O3/c14-7-4-5-9(11(16)10(7)15)18-13(21)17-8-3-1-2-6(8)12(19)20/h4-6,8H,1-3H2,(H,19,20)(H2,17,18,21). The van der Waals surface area contributed by atoms with Gasteiger partial charge in [0.15, 0.2) is 17.5 Å². The van der Waals surface area contributed by atoms with E-state index < -0.39 is 47.1 Å². The SMILES string of the molecule is O=C(Nc1ccc(F)c(F)c1F)NC1CCCC1C(=O)O.